The maximum Gasteiger partial charge on any atom is 0.128 e. The molecule has 0 aliphatic carbocycles. The van der Waals surface area contributed by atoms with Crippen molar-refractivity contribution in [1.82, 2.24) is 9.55 Å². The summed E-state index contributed by atoms with van der Waals surface area (Å²) in [5.74, 6) is 0.937. The molecule has 2 unspecified atom stereocenters. The van der Waals surface area contributed by atoms with Gasteiger partial charge in [0.25, 0.3) is 0 Å². The summed E-state index contributed by atoms with van der Waals surface area (Å²) in [5.41, 5.74) is 3.39. The second-order valence-electron chi connectivity index (χ2n) is 5.30. The predicted molar refractivity (Wildman–Crippen MR) is 84.6 cm³/mol. The number of alkyl halides is 1. The maximum absolute atomic E-state index is 6.35. The highest BCUT2D eigenvalue weighted by molar-refractivity contribution is 6.20. The lowest BCUT2D eigenvalue weighted by Gasteiger charge is -2.21. The van der Waals surface area contributed by atoms with Gasteiger partial charge in [-0.2, -0.15) is 0 Å². The molecule has 0 N–H and O–H groups in total. The molecule has 0 radical (unpaired) electrons. The van der Waals surface area contributed by atoms with E-state index in [1.54, 1.807) is 7.11 Å². The Labute approximate surface area is 125 Å². The number of aryl methyl sites for hydroxylation is 1. The molecule has 2 aromatic rings. The van der Waals surface area contributed by atoms with Crippen LogP contribution in [0.4, 0.5) is 0 Å². The van der Waals surface area contributed by atoms with Gasteiger partial charge in [-0.15, -0.1) is 11.6 Å². The Hall–Kier alpha value is -1.06. The number of hydrogen-bond acceptors (Lipinski definition) is 2. The number of hydrogen-bond donors (Lipinski definition) is 0. The minimum atomic E-state index is -0.113. The van der Waals surface area contributed by atoms with Gasteiger partial charge >= 0.3 is 0 Å². The lowest BCUT2D eigenvalue weighted by Crippen LogP contribution is -2.17. The average molecular weight is 295 g/mol. The Morgan fingerprint density at radius 1 is 1.40 bits per heavy atom. The van der Waals surface area contributed by atoms with E-state index in [9.17, 15) is 0 Å². The van der Waals surface area contributed by atoms with Gasteiger partial charge in [-0.1, -0.05) is 25.5 Å². The van der Waals surface area contributed by atoms with Crippen molar-refractivity contribution in [2.45, 2.75) is 45.0 Å². The number of imidazole rings is 1. The molecule has 4 heteroatoms. The summed E-state index contributed by atoms with van der Waals surface area (Å²) >= 11 is 6.35. The molecule has 0 amide bonds. The second kappa shape index (κ2) is 6.59. The van der Waals surface area contributed by atoms with Gasteiger partial charge < -0.3 is 9.30 Å². The highest BCUT2D eigenvalue weighted by Gasteiger charge is 2.21. The average Bonchev–Trinajstić information content (AvgIpc) is 2.79. The number of rotatable bonds is 6. The first-order valence-corrected chi connectivity index (χ1v) is 7.64. The van der Waals surface area contributed by atoms with E-state index >= 15 is 0 Å². The Bertz CT molecular complexity index is 571. The van der Waals surface area contributed by atoms with Crippen LogP contribution in [0.1, 0.15) is 49.5 Å². The smallest absolute Gasteiger partial charge is 0.128 e. The van der Waals surface area contributed by atoms with Crippen LogP contribution in [0, 0.1) is 6.92 Å². The molecule has 0 saturated carbocycles. The number of aromatic nitrogens is 2. The molecule has 1 heterocycles. The van der Waals surface area contributed by atoms with Crippen LogP contribution in [-0.2, 0) is 4.74 Å². The van der Waals surface area contributed by atoms with Crippen molar-refractivity contribution < 1.29 is 4.74 Å². The molecule has 0 aliphatic rings. The zero-order chi connectivity index (χ0) is 14.7. The second-order valence-corrected chi connectivity index (χ2v) is 5.95. The number of nitrogens with zero attached hydrogens (tertiary/aromatic N) is 2. The molecule has 0 saturated heterocycles. The number of para-hydroxylation sites is 1. The fourth-order valence-corrected chi connectivity index (χ4v) is 2.91. The number of halogens is 1. The van der Waals surface area contributed by atoms with Crippen molar-refractivity contribution in [3.05, 3.63) is 29.6 Å². The van der Waals surface area contributed by atoms with Crippen LogP contribution in [0.5, 0.6) is 0 Å². The monoisotopic (exact) mass is 294 g/mol. The molecule has 2 atom stereocenters. The molecule has 1 aromatic carbocycles. The van der Waals surface area contributed by atoms with Crippen molar-refractivity contribution >= 4 is 22.6 Å². The lowest BCUT2D eigenvalue weighted by molar-refractivity contribution is 0.150. The van der Waals surface area contributed by atoms with E-state index in [0.29, 0.717) is 6.61 Å². The van der Waals surface area contributed by atoms with Crippen molar-refractivity contribution in [3.8, 4) is 0 Å². The summed E-state index contributed by atoms with van der Waals surface area (Å²) in [6.45, 7) is 6.94. The third-order valence-corrected chi connectivity index (χ3v) is 3.85. The third kappa shape index (κ3) is 2.84. The van der Waals surface area contributed by atoms with Crippen molar-refractivity contribution in [2.75, 3.05) is 13.7 Å². The highest BCUT2D eigenvalue weighted by atomic mass is 35.5. The van der Waals surface area contributed by atoms with Crippen LogP contribution >= 0.6 is 11.6 Å². The molecule has 0 spiro atoms. The molecular weight excluding hydrogens is 272 g/mol. The van der Waals surface area contributed by atoms with Gasteiger partial charge in [0.05, 0.1) is 29.1 Å². The van der Waals surface area contributed by atoms with Crippen molar-refractivity contribution in [2.24, 2.45) is 0 Å². The quantitative estimate of drug-likeness (QED) is 0.726. The van der Waals surface area contributed by atoms with Crippen LogP contribution < -0.4 is 0 Å². The van der Waals surface area contributed by atoms with Gasteiger partial charge in [-0.3, -0.25) is 0 Å². The van der Waals surface area contributed by atoms with Crippen molar-refractivity contribution in [1.29, 1.82) is 0 Å². The molecule has 2 rings (SSSR count). The molecule has 3 nitrogen and oxygen atoms in total. The molecule has 110 valence electrons. The standard InChI is InChI=1S/C16H23ClN2O/c1-5-7-13(10-20-4)19-14-9-6-8-11(2)15(14)18-16(19)12(3)17/h6,8-9,12-13H,5,7,10H2,1-4H3. The maximum atomic E-state index is 6.35. The Kier molecular flexibility index (Phi) is 5.06. The van der Waals surface area contributed by atoms with Gasteiger partial charge in [0.15, 0.2) is 0 Å². The Balaban J connectivity index is 2.63. The van der Waals surface area contributed by atoms with Crippen molar-refractivity contribution in [3.63, 3.8) is 0 Å². The molecule has 0 aliphatic heterocycles. The summed E-state index contributed by atoms with van der Waals surface area (Å²) in [4.78, 5) is 4.77. The number of fused-ring (bicyclic) bond motifs is 1. The molecule has 0 fully saturated rings. The molecular formula is C16H23ClN2O. The third-order valence-electron chi connectivity index (χ3n) is 3.65. The summed E-state index contributed by atoms with van der Waals surface area (Å²) in [6.07, 6.45) is 2.17. The van der Waals surface area contributed by atoms with E-state index in [0.717, 1.165) is 29.7 Å². The summed E-state index contributed by atoms with van der Waals surface area (Å²) in [6, 6.07) is 6.58. The normalized spacial score (nSPS) is 14.7. The summed E-state index contributed by atoms with van der Waals surface area (Å²) in [5, 5.41) is -0.113. The van der Waals surface area contributed by atoms with Gasteiger partial charge in [0.1, 0.15) is 5.82 Å². The van der Waals surface area contributed by atoms with E-state index in [-0.39, 0.29) is 11.4 Å². The SMILES string of the molecule is CCCC(COC)n1c(C(C)Cl)nc2c(C)cccc21. The topological polar surface area (TPSA) is 27.1 Å². The zero-order valence-corrected chi connectivity index (χ0v) is 13.4. The largest absolute Gasteiger partial charge is 0.383 e. The van der Waals surface area contributed by atoms with Gasteiger partial charge in [0.2, 0.25) is 0 Å². The van der Waals surface area contributed by atoms with Crippen LogP contribution in [0.3, 0.4) is 0 Å². The van der Waals surface area contributed by atoms with Gasteiger partial charge in [-0.25, -0.2) is 4.98 Å². The summed E-state index contributed by atoms with van der Waals surface area (Å²) < 4.78 is 7.67. The molecule has 0 bridgehead atoms. The van der Waals surface area contributed by atoms with E-state index in [2.05, 4.69) is 36.6 Å². The van der Waals surface area contributed by atoms with E-state index in [1.165, 1.54) is 5.56 Å². The number of benzene rings is 1. The van der Waals surface area contributed by atoms with E-state index in [1.807, 2.05) is 6.92 Å². The molecule has 20 heavy (non-hydrogen) atoms. The Morgan fingerprint density at radius 3 is 2.75 bits per heavy atom. The number of methoxy groups -OCH3 is 1. The Morgan fingerprint density at radius 2 is 2.15 bits per heavy atom. The first-order valence-electron chi connectivity index (χ1n) is 7.20. The van der Waals surface area contributed by atoms with Gasteiger partial charge in [0, 0.05) is 7.11 Å². The minimum absolute atomic E-state index is 0.113. The number of ether oxygens (including phenoxy) is 1. The predicted octanol–water partition coefficient (Wildman–Crippen LogP) is 4.63. The summed E-state index contributed by atoms with van der Waals surface area (Å²) in [7, 11) is 1.75. The van der Waals surface area contributed by atoms with Gasteiger partial charge in [-0.05, 0) is 31.9 Å². The fourth-order valence-electron chi connectivity index (χ4n) is 2.75. The minimum Gasteiger partial charge on any atom is -0.383 e. The van der Waals surface area contributed by atoms with Crippen LogP contribution in [0.15, 0.2) is 18.2 Å². The molecule has 1 aromatic heterocycles. The first kappa shape index (κ1) is 15.3. The fraction of sp³-hybridized carbons (Fsp3) is 0.562. The van der Waals surface area contributed by atoms with Crippen LogP contribution in [0.2, 0.25) is 0 Å². The van der Waals surface area contributed by atoms with E-state index < -0.39 is 0 Å². The van der Waals surface area contributed by atoms with Crippen LogP contribution in [-0.4, -0.2) is 23.3 Å². The zero-order valence-electron chi connectivity index (χ0n) is 12.7. The first-order chi connectivity index (χ1) is 9.60. The van der Waals surface area contributed by atoms with E-state index in [4.69, 9.17) is 21.3 Å². The highest BCUT2D eigenvalue weighted by Crippen LogP contribution is 2.31. The lowest BCUT2D eigenvalue weighted by atomic mass is 10.1. The van der Waals surface area contributed by atoms with Crippen LogP contribution in [0.25, 0.3) is 11.0 Å².